The van der Waals surface area contributed by atoms with Gasteiger partial charge in [-0.05, 0) is 66.9 Å². The highest BCUT2D eigenvalue weighted by Crippen LogP contribution is 2.44. The van der Waals surface area contributed by atoms with E-state index >= 15 is 0 Å². The third-order valence-corrected chi connectivity index (χ3v) is 6.08. The predicted octanol–water partition coefficient (Wildman–Crippen LogP) is 4.87. The highest BCUT2D eigenvalue weighted by Gasteiger charge is 2.46. The number of urea groups is 1. The Morgan fingerprint density at radius 1 is 0.939 bits per heavy atom. The van der Waals surface area contributed by atoms with Gasteiger partial charge in [0.1, 0.15) is 23.1 Å². The third-order valence-electron chi connectivity index (χ3n) is 6.08. The largest absolute Gasteiger partial charge is 0.508 e. The summed E-state index contributed by atoms with van der Waals surface area (Å²) >= 11 is 0. The Labute approximate surface area is 189 Å². The van der Waals surface area contributed by atoms with Crippen molar-refractivity contribution in [2.75, 3.05) is 11.9 Å². The highest BCUT2D eigenvalue weighted by atomic mass is 19.1. The lowest BCUT2D eigenvalue weighted by Gasteiger charge is -2.29. The lowest BCUT2D eigenvalue weighted by Crippen LogP contribution is -2.31. The molecule has 0 saturated carbocycles. The van der Waals surface area contributed by atoms with Crippen LogP contribution in [0.4, 0.5) is 19.3 Å². The Morgan fingerprint density at radius 2 is 1.55 bits per heavy atom. The summed E-state index contributed by atoms with van der Waals surface area (Å²) < 4.78 is 26.7. The number of benzene rings is 3. The van der Waals surface area contributed by atoms with Crippen LogP contribution >= 0.6 is 0 Å². The van der Waals surface area contributed by atoms with Gasteiger partial charge in [-0.15, -0.1) is 0 Å². The molecule has 1 aliphatic heterocycles. The minimum atomic E-state index is -0.872. The number of nitrogens with zero attached hydrogens (tertiary/aromatic N) is 2. The normalized spacial score (nSPS) is 19.2. The predicted molar refractivity (Wildman–Crippen MR) is 119 cm³/mol. The quantitative estimate of drug-likeness (QED) is 0.496. The molecule has 3 N–H and O–H groups in total. The van der Waals surface area contributed by atoms with E-state index in [1.807, 2.05) is 0 Å². The number of carbonyl (C=O) groups excluding carboxylic acids is 1. The number of rotatable bonds is 6. The molecule has 1 aliphatic rings. The Bertz CT molecular complexity index is 1140. The van der Waals surface area contributed by atoms with Gasteiger partial charge in [0.05, 0.1) is 18.2 Å². The second kappa shape index (κ2) is 9.07. The van der Waals surface area contributed by atoms with Gasteiger partial charge < -0.3 is 20.2 Å². The van der Waals surface area contributed by atoms with Crippen LogP contribution in [0.3, 0.4) is 0 Å². The highest BCUT2D eigenvalue weighted by molar-refractivity contribution is 5.96. The first kappa shape index (κ1) is 22.5. The van der Waals surface area contributed by atoms with Crippen LogP contribution in [0.2, 0.25) is 0 Å². The van der Waals surface area contributed by atoms with Crippen LogP contribution in [0, 0.1) is 11.6 Å². The fraction of sp³-hybridized carbons (Fsp3) is 0.240. The number of hydrogen-bond donors (Lipinski definition) is 3. The first-order valence-corrected chi connectivity index (χ1v) is 10.5. The van der Waals surface area contributed by atoms with Crippen molar-refractivity contribution in [1.82, 2.24) is 4.90 Å². The van der Waals surface area contributed by atoms with Crippen molar-refractivity contribution in [3.63, 3.8) is 0 Å². The Balaban J connectivity index is 1.68. The molecule has 4 rings (SSSR count). The number of aliphatic hydroxyl groups excluding tert-OH is 1. The SMILES string of the molecule is CN1C(=O)N(c2ccc(F)cc2)[C@H](c2ccc(O)cc2O)[C@H]1CC[C@H](O)c1ccc(F)cc1. The molecule has 3 aromatic rings. The molecular weight excluding hydrogens is 430 g/mol. The second-order valence-electron chi connectivity index (χ2n) is 8.14. The molecule has 0 spiro atoms. The first-order chi connectivity index (χ1) is 15.8. The van der Waals surface area contributed by atoms with E-state index in [0.717, 1.165) is 0 Å². The van der Waals surface area contributed by atoms with Gasteiger partial charge >= 0.3 is 6.03 Å². The summed E-state index contributed by atoms with van der Waals surface area (Å²) in [5, 5.41) is 30.9. The van der Waals surface area contributed by atoms with E-state index in [4.69, 9.17) is 0 Å². The van der Waals surface area contributed by atoms with Crippen LogP contribution in [0.25, 0.3) is 0 Å². The van der Waals surface area contributed by atoms with Crippen molar-refractivity contribution in [2.24, 2.45) is 0 Å². The van der Waals surface area contributed by atoms with Gasteiger partial charge in [0.2, 0.25) is 0 Å². The van der Waals surface area contributed by atoms with E-state index in [1.165, 1.54) is 70.5 Å². The zero-order valence-corrected chi connectivity index (χ0v) is 17.9. The molecule has 0 unspecified atom stereocenters. The zero-order chi connectivity index (χ0) is 23.7. The third kappa shape index (κ3) is 4.47. The molecular formula is C25H24F2N2O4. The maximum Gasteiger partial charge on any atom is 0.325 e. The average Bonchev–Trinajstić information content (AvgIpc) is 3.03. The lowest BCUT2D eigenvalue weighted by molar-refractivity contribution is 0.148. The maximum absolute atomic E-state index is 13.5. The number of aliphatic hydroxyl groups is 1. The van der Waals surface area contributed by atoms with Gasteiger partial charge in [-0.3, -0.25) is 4.90 Å². The standard InChI is InChI=1S/C25H24F2N2O4/c1-28-21(12-13-22(31)15-2-4-16(26)5-3-15)24(20-11-10-19(30)14-23(20)32)29(25(28)33)18-8-6-17(27)7-9-18/h2-11,14,21-22,24,30-32H,12-13H2,1H3/t21-,22+,24-/m1/s1. The number of hydrogen-bond acceptors (Lipinski definition) is 4. The van der Waals surface area contributed by atoms with Crippen molar-refractivity contribution in [1.29, 1.82) is 0 Å². The summed E-state index contributed by atoms with van der Waals surface area (Å²) in [7, 11) is 1.63. The van der Waals surface area contributed by atoms with Gasteiger partial charge in [0.15, 0.2) is 0 Å². The van der Waals surface area contributed by atoms with Crippen molar-refractivity contribution in [2.45, 2.75) is 31.0 Å². The van der Waals surface area contributed by atoms with Crippen LogP contribution in [-0.2, 0) is 0 Å². The Hall–Kier alpha value is -3.65. The molecule has 3 aromatic carbocycles. The van der Waals surface area contributed by atoms with Crippen molar-refractivity contribution in [3.05, 3.63) is 89.5 Å². The number of anilines is 1. The summed E-state index contributed by atoms with van der Waals surface area (Å²) in [6.07, 6.45) is -0.229. The van der Waals surface area contributed by atoms with Crippen LogP contribution < -0.4 is 4.90 Å². The summed E-state index contributed by atoms with van der Waals surface area (Å²) in [6, 6.07) is 13.8. The van der Waals surface area contributed by atoms with Gasteiger partial charge in [0, 0.05) is 24.4 Å². The number of halogens is 2. The Kier molecular flexibility index (Phi) is 6.20. The monoisotopic (exact) mass is 454 g/mol. The van der Waals surface area contributed by atoms with Gasteiger partial charge in [0.25, 0.3) is 0 Å². The van der Waals surface area contributed by atoms with Crippen LogP contribution in [0.5, 0.6) is 11.5 Å². The second-order valence-corrected chi connectivity index (χ2v) is 8.14. The van der Waals surface area contributed by atoms with Crippen LogP contribution in [0.15, 0.2) is 66.7 Å². The van der Waals surface area contributed by atoms with Crippen molar-refractivity contribution in [3.8, 4) is 11.5 Å². The van der Waals surface area contributed by atoms with E-state index < -0.39 is 29.8 Å². The van der Waals surface area contributed by atoms with E-state index in [0.29, 0.717) is 23.2 Å². The van der Waals surface area contributed by atoms with E-state index in [-0.39, 0.29) is 24.0 Å². The molecule has 33 heavy (non-hydrogen) atoms. The Morgan fingerprint density at radius 3 is 2.15 bits per heavy atom. The summed E-state index contributed by atoms with van der Waals surface area (Å²) in [5.74, 6) is -1.14. The molecule has 6 nitrogen and oxygen atoms in total. The molecule has 0 aliphatic carbocycles. The van der Waals surface area contributed by atoms with Gasteiger partial charge in [-0.25, -0.2) is 13.6 Å². The van der Waals surface area contributed by atoms with Gasteiger partial charge in [-0.2, -0.15) is 0 Å². The molecule has 0 radical (unpaired) electrons. The van der Waals surface area contributed by atoms with Crippen molar-refractivity contribution >= 4 is 11.7 Å². The summed E-state index contributed by atoms with van der Waals surface area (Å²) in [4.78, 5) is 16.2. The minimum Gasteiger partial charge on any atom is -0.508 e. The minimum absolute atomic E-state index is 0.120. The maximum atomic E-state index is 13.5. The molecule has 8 heteroatoms. The molecule has 1 fully saturated rings. The molecule has 0 bridgehead atoms. The van der Waals surface area contributed by atoms with Crippen LogP contribution in [-0.4, -0.2) is 39.3 Å². The number of carbonyl (C=O) groups is 1. The van der Waals surface area contributed by atoms with E-state index in [2.05, 4.69) is 0 Å². The average molecular weight is 454 g/mol. The topological polar surface area (TPSA) is 84.2 Å². The molecule has 2 amide bonds. The molecule has 1 saturated heterocycles. The van der Waals surface area contributed by atoms with Crippen molar-refractivity contribution < 1.29 is 28.9 Å². The van der Waals surface area contributed by atoms with E-state index in [9.17, 15) is 28.9 Å². The molecule has 0 aromatic heterocycles. The number of aromatic hydroxyl groups is 2. The number of amides is 2. The van der Waals surface area contributed by atoms with E-state index in [1.54, 1.807) is 13.1 Å². The molecule has 3 atom stereocenters. The lowest BCUT2D eigenvalue weighted by atomic mass is 9.92. The fourth-order valence-electron chi connectivity index (χ4n) is 4.35. The smallest absolute Gasteiger partial charge is 0.325 e. The number of phenolic OH excluding ortho intramolecular Hbond substituents is 2. The van der Waals surface area contributed by atoms with Gasteiger partial charge in [-0.1, -0.05) is 12.1 Å². The fourth-order valence-corrected chi connectivity index (χ4v) is 4.35. The number of likely N-dealkylation sites (N-methyl/N-ethyl adjacent to an activating group) is 1. The molecule has 1 heterocycles. The molecule has 172 valence electrons. The summed E-state index contributed by atoms with van der Waals surface area (Å²) in [6.45, 7) is 0. The first-order valence-electron chi connectivity index (χ1n) is 10.5. The summed E-state index contributed by atoms with van der Waals surface area (Å²) in [5.41, 5.74) is 1.42. The number of phenols is 2. The zero-order valence-electron chi connectivity index (χ0n) is 17.9. The van der Waals surface area contributed by atoms with Crippen LogP contribution in [0.1, 0.15) is 36.1 Å².